The van der Waals surface area contributed by atoms with Crippen LogP contribution < -0.4 is 10.1 Å². The summed E-state index contributed by atoms with van der Waals surface area (Å²) in [5.41, 5.74) is 4.09. The van der Waals surface area contributed by atoms with Crippen LogP contribution in [0.15, 0.2) is 30.3 Å². The van der Waals surface area contributed by atoms with E-state index in [1.54, 1.807) is 6.07 Å². The maximum Gasteiger partial charge on any atom is 0.407 e. The van der Waals surface area contributed by atoms with E-state index in [0.717, 1.165) is 73.3 Å². The molecule has 0 aromatic heterocycles. The van der Waals surface area contributed by atoms with Crippen LogP contribution in [0.1, 0.15) is 62.8 Å². The summed E-state index contributed by atoms with van der Waals surface area (Å²) in [5, 5.41) is 3.09. The highest BCUT2D eigenvalue weighted by molar-refractivity contribution is 5.71. The summed E-state index contributed by atoms with van der Waals surface area (Å²) < 4.78 is 27.1. The van der Waals surface area contributed by atoms with Gasteiger partial charge < -0.3 is 14.8 Å². The minimum Gasteiger partial charge on any atom is -0.493 e. The number of ether oxygens (including phenoxy) is 2. The van der Waals surface area contributed by atoms with Gasteiger partial charge in [-0.05, 0) is 104 Å². The molecule has 2 aromatic carbocycles. The monoisotopic (exact) mass is 480 g/mol. The molecule has 188 valence electrons. The first-order valence-electron chi connectivity index (χ1n) is 13.0. The van der Waals surface area contributed by atoms with Gasteiger partial charge in [0, 0.05) is 12.1 Å². The van der Waals surface area contributed by atoms with Crippen molar-refractivity contribution in [3.8, 4) is 16.9 Å². The summed E-state index contributed by atoms with van der Waals surface area (Å²) in [5.74, 6) is 1.02. The predicted octanol–water partition coefficient (Wildman–Crippen LogP) is 6.03. The Morgan fingerprint density at radius 2 is 1.97 bits per heavy atom. The van der Waals surface area contributed by atoms with Gasteiger partial charge in [0.25, 0.3) is 0 Å². The van der Waals surface area contributed by atoms with Gasteiger partial charge in [0.15, 0.2) is 0 Å². The Kier molecular flexibility index (Phi) is 6.51. The zero-order chi connectivity index (χ0) is 24.7. The summed E-state index contributed by atoms with van der Waals surface area (Å²) in [4.78, 5) is 15.3. The fraction of sp³-hybridized carbons (Fsp3) is 0.552. The van der Waals surface area contributed by atoms with Crippen molar-refractivity contribution >= 4 is 6.09 Å². The number of nitrogens with one attached hydrogen (secondary N) is 1. The van der Waals surface area contributed by atoms with Crippen molar-refractivity contribution in [1.82, 2.24) is 10.2 Å². The Balaban J connectivity index is 1.35. The van der Waals surface area contributed by atoms with Gasteiger partial charge in [-0.1, -0.05) is 26.8 Å². The van der Waals surface area contributed by atoms with Crippen LogP contribution in [0.25, 0.3) is 11.1 Å². The summed E-state index contributed by atoms with van der Waals surface area (Å²) in [6.45, 7) is 12.0. The highest BCUT2D eigenvalue weighted by Gasteiger charge is 2.42. The molecule has 3 saturated heterocycles. The number of benzene rings is 2. The van der Waals surface area contributed by atoms with Crippen LogP contribution in [-0.4, -0.2) is 43.3 Å². The molecular weight excluding hydrogens is 443 g/mol. The number of nitrogens with zero attached hydrogens (tertiary/aromatic N) is 1. The molecule has 6 heteroatoms. The third-order valence-corrected chi connectivity index (χ3v) is 8.03. The van der Waals surface area contributed by atoms with E-state index in [1.165, 1.54) is 0 Å². The van der Waals surface area contributed by atoms with Crippen molar-refractivity contribution in [2.24, 2.45) is 11.3 Å². The van der Waals surface area contributed by atoms with Crippen molar-refractivity contribution in [3.63, 3.8) is 0 Å². The molecule has 6 rings (SSSR count). The highest BCUT2D eigenvalue weighted by atomic mass is 19.1. The number of rotatable bonds is 6. The number of amides is 1. The van der Waals surface area contributed by atoms with Crippen molar-refractivity contribution in [1.29, 1.82) is 0 Å². The fourth-order valence-electron chi connectivity index (χ4n) is 6.09. The van der Waals surface area contributed by atoms with E-state index in [2.05, 4.69) is 31.0 Å². The normalized spacial score (nSPS) is 26.3. The number of carbonyl (C=O) groups is 1. The Bertz CT molecular complexity index is 1110. The van der Waals surface area contributed by atoms with Crippen molar-refractivity contribution < 1.29 is 18.7 Å². The number of aryl methyl sites for hydroxylation is 1. The van der Waals surface area contributed by atoms with E-state index in [0.29, 0.717) is 18.1 Å². The number of hydrogen-bond donors (Lipinski definition) is 1. The van der Waals surface area contributed by atoms with Gasteiger partial charge in [-0.2, -0.15) is 0 Å². The number of halogens is 1. The number of piperidine rings is 3. The lowest BCUT2D eigenvalue weighted by atomic mass is 9.85. The smallest absolute Gasteiger partial charge is 0.407 e. The van der Waals surface area contributed by atoms with Crippen LogP contribution >= 0.6 is 0 Å². The van der Waals surface area contributed by atoms with Crippen LogP contribution in [0.2, 0.25) is 0 Å². The molecule has 3 aliphatic heterocycles. The lowest BCUT2D eigenvalue weighted by Crippen LogP contribution is -2.53. The van der Waals surface area contributed by atoms with E-state index in [9.17, 15) is 4.79 Å². The first-order valence-corrected chi connectivity index (χ1v) is 13.0. The number of fused-ring (bicyclic) bond motifs is 4. The lowest BCUT2D eigenvalue weighted by Gasteiger charge is -2.44. The molecule has 2 aromatic rings. The first-order chi connectivity index (χ1) is 16.7. The molecule has 1 amide bonds. The van der Waals surface area contributed by atoms with Gasteiger partial charge in [0.1, 0.15) is 17.7 Å². The second-order valence-corrected chi connectivity index (χ2v) is 11.2. The standard InChI is InChI=1S/C29H37FN2O3/c1-5-12-34-25-7-6-20(13-18(25)2)22-14-21-16-29(3,4)27(23(21)15-24(22)30)31-28(33)35-26-17-32-10-8-19(26)9-11-32/h6-7,13-15,19,26-27H,5,8-12,16-17H2,1-4H3,(H,31,33)/t26-,27-/m0/s1. The van der Waals surface area contributed by atoms with E-state index < -0.39 is 6.09 Å². The van der Waals surface area contributed by atoms with Crippen LogP contribution in [-0.2, 0) is 11.2 Å². The first kappa shape index (κ1) is 24.1. The van der Waals surface area contributed by atoms with E-state index in [1.807, 2.05) is 31.2 Å². The van der Waals surface area contributed by atoms with Gasteiger partial charge in [0.05, 0.1) is 12.6 Å². The van der Waals surface area contributed by atoms with Crippen molar-refractivity contribution in [3.05, 3.63) is 52.8 Å². The molecule has 0 radical (unpaired) electrons. The Hall–Kier alpha value is -2.60. The molecule has 4 aliphatic rings. The molecule has 2 bridgehead atoms. The molecule has 1 aliphatic carbocycles. The largest absolute Gasteiger partial charge is 0.493 e. The fourth-order valence-corrected chi connectivity index (χ4v) is 6.09. The molecule has 2 atom stereocenters. The van der Waals surface area contributed by atoms with E-state index >= 15 is 4.39 Å². The molecule has 35 heavy (non-hydrogen) atoms. The second kappa shape index (κ2) is 9.45. The number of carbonyl (C=O) groups excluding carboxylic acids is 1. The maximum atomic E-state index is 15.4. The van der Waals surface area contributed by atoms with Gasteiger partial charge >= 0.3 is 6.09 Å². The zero-order valence-corrected chi connectivity index (χ0v) is 21.3. The van der Waals surface area contributed by atoms with Crippen LogP contribution in [0.3, 0.4) is 0 Å². The van der Waals surface area contributed by atoms with Gasteiger partial charge in [-0.15, -0.1) is 0 Å². The molecular formula is C29H37FN2O3. The predicted molar refractivity (Wildman–Crippen MR) is 135 cm³/mol. The summed E-state index contributed by atoms with van der Waals surface area (Å²) >= 11 is 0. The maximum absolute atomic E-state index is 15.4. The molecule has 1 N–H and O–H groups in total. The van der Waals surface area contributed by atoms with Crippen molar-refractivity contribution in [2.45, 2.75) is 65.5 Å². The van der Waals surface area contributed by atoms with Crippen molar-refractivity contribution in [2.75, 3.05) is 26.2 Å². The Labute approximate surface area is 208 Å². The zero-order valence-electron chi connectivity index (χ0n) is 21.3. The molecule has 5 nitrogen and oxygen atoms in total. The molecule has 0 unspecified atom stereocenters. The second-order valence-electron chi connectivity index (χ2n) is 11.2. The minimum absolute atomic E-state index is 0.0480. The molecule has 3 fully saturated rings. The highest BCUT2D eigenvalue weighted by Crippen LogP contribution is 2.47. The van der Waals surface area contributed by atoms with Gasteiger partial charge in [0.2, 0.25) is 0 Å². The molecule has 0 spiro atoms. The Morgan fingerprint density at radius 3 is 2.63 bits per heavy atom. The SMILES string of the molecule is CCCOc1ccc(-c2cc3c(cc2F)[C@H](NC(=O)O[C@H]2CN4CCC2CC4)C(C)(C)C3)cc1C. The third kappa shape index (κ3) is 4.77. The van der Waals surface area contributed by atoms with Gasteiger partial charge in [-0.3, -0.25) is 4.90 Å². The lowest BCUT2D eigenvalue weighted by molar-refractivity contribution is -0.0349. The number of hydrogen-bond acceptors (Lipinski definition) is 4. The summed E-state index contributed by atoms with van der Waals surface area (Å²) in [6.07, 6.45) is 3.45. The van der Waals surface area contributed by atoms with E-state index in [4.69, 9.17) is 9.47 Å². The van der Waals surface area contributed by atoms with Gasteiger partial charge in [-0.25, -0.2) is 9.18 Å². The van der Waals surface area contributed by atoms with Crippen LogP contribution in [0.5, 0.6) is 5.75 Å². The average molecular weight is 481 g/mol. The van der Waals surface area contributed by atoms with E-state index in [-0.39, 0.29) is 23.4 Å². The third-order valence-electron chi connectivity index (χ3n) is 8.03. The molecule has 0 saturated carbocycles. The summed E-state index contributed by atoms with van der Waals surface area (Å²) in [6, 6.07) is 9.09. The minimum atomic E-state index is -0.391. The molecule has 3 heterocycles. The Morgan fingerprint density at radius 1 is 1.20 bits per heavy atom. The van der Waals surface area contributed by atoms with Crippen LogP contribution in [0, 0.1) is 24.1 Å². The topological polar surface area (TPSA) is 50.8 Å². The van der Waals surface area contributed by atoms with Crippen LogP contribution in [0.4, 0.5) is 9.18 Å². The summed E-state index contributed by atoms with van der Waals surface area (Å²) in [7, 11) is 0. The quantitative estimate of drug-likeness (QED) is 0.548. The average Bonchev–Trinajstić information content (AvgIpc) is 3.07. The number of alkyl carbamates (subject to hydrolysis) is 1.